The molecular formula is C15H14N4O5S. The van der Waals surface area contributed by atoms with Crippen molar-refractivity contribution in [2.45, 2.75) is 5.03 Å². The third kappa shape index (κ3) is 2.95. The number of aromatic nitrogens is 4. The van der Waals surface area contributed by atoms with Crippen LogP contribution in [0.3, 0.4) is 0 Å². The number of thioether (sulfide) groups is 1. The average molecular weight is 362 g/mol. The van der Waals surface area contributed by atoms with Gasteiger partial charge in [-0.05, 0) is 12.1 Å². The Morgan fingerprint density at radius 3 is 2.68 bits per heavy atom. The summed E-state index contributed by atoms with van der Waals surface area (Å²) >= 11 is 1.04. The molecule has 0 aromatic carbocycles. The van der Waals surface area contributed by atoms with Gasteiger partial charge in [-0.1, -0.05) is 11.8 Å². The molecule has 0 amide bonds. The van der Waals surface area contributed by atoms with Crippen molar-refractivity contribution < 1.29 is 13.9 Å². The van der Waals surface area contributed by atoms with Gasteiger partial charge in [-0.3, -0.25) is 18.7 Å². The molecule has 25 heavy (non-hydrogen) atoms. The van der Waals surface area contributed by atoms with Gasteiger partial charge in [-0.25, -0.2) is 14.8 Å². The van der Waals surface area contributed by atoms with Crippen LogP contribution in [0.15, 0.2) is 37.4 Å². The Bertz CT molecular complexity index is 1070. The molecule has 10 heteroatoms. The molecule has 0 fully saturated rings. The fourth-order valence-electron chi connectivity index (χ4n) is 2.24. The highest BCUT2D eigenvalue weighted by atomic mass is 32.2. The van der Waals surface area contributed by atoms with Crippen molar-refractivity contribution >= 4 is 28.8 Å². The number of ether oxygens (including phenoxy) is 1. The number of furan rings is 1. The molecule has 0 aliphatic carbocycles. The van der Waals surface area contributed by atoms with Gasteiger partial charge in [0, 0.05) is 14.1 Å². The highest BCUT2D eigenvalue weighted by Gasteiger charge is 2.19. The lowest BCUT2D eigenvalue weighted by atomic mass is 10.3. The van der Waals surface area contributed by atoms with E-state index < -0.39 is 17.2 Å². The van der Waals surface area contributed by atoms with Crippen molar-refractivity contribution in [1.82, 2.24) is 19.1 Å². The minimum absolute atomic E-state index is 0.0355. The monoisotopic (exact) mass is 362 g/mol. The van der Waals surface area contributed by atoms with E-state index in [1.165, 1.54) is 32.0 Å². The van der Waals surface area contributed by atoms with Crippen molar-refractivity contribution in [3.05, 3.63) is 39.2 Å². The van der Waals surface area contributed by atoms with Gasteiger partial charge < -0.3 is 9.15 Å². The van der Waals surface area contributed by atoms with Gasteiger partial charge >= 0.3 is 11.7 Å². The minimum atomic E-state index is -0.531. The first-order valence-corrected chi connectivity index (χ1v) is 8.14. The number of carbonyl (C=O) groups excluding carboxylic acids is 1. The summed E-state index contributed by atoms with van der Waals surface area (Å²) in [6.45, 7) is 0. The summed E-state index contributed by atoms with van der Waals surface area (Å²) < 4.78 is 12.2. The first-order valence-electron chi connectivity index (χ1n) is 7.15. The second-order valence-corrected chi connectivity index (χ2v) is 6.06. The molecule has 130 valence electrons. The average Bonchev–Trinajstić information content (AvgIpc) is 3.16. The van der Waals surface area contributed by atoms with Crippen molar-refractivity contribution in [1.29, 1.82) is 0 Å². The fraction of sp³-hybridized carbons (Fsp3) is 0.267. The van der Waals surface area contributed by atoms with Gasteiger partial charge in [-0.2, -0.15) is 0 Å². The predicted octanol–water partition coefficient (Wildman–Crippen LogP) is 0.552. The number of aryl methyl sites for hydroxylation is 1. The van der Waals surface area contributed by atoms with Crippen molar-refractivity contribution in [2.75, 3.05) is 12.9 Å². The number of methoxy groups -OCH3 is 1. The van der Waals surface area contributed by atoms with Gasteiger partial charge in [0.1, 0.15) is 10.4 Å². The smallest absolute Gasteiger partial charge is 0.332 e. The summed E-state index contributed by atoms with van der Waals surface area (Å²) in [4.78, 5) is 44.8. The zero-order valence-corrected chi connectivity index (χ0v) is 14.5. The number of esters is 1. The number of fused-ring (bicyclic) bond motifs is 1. The van der Waals surface area contributed by atoms with Crippen LogP contribution in [0, 0.1) is 0 Å². The van der Waals surface area contributed by atoms with E-state index >= 15 is 0 Å². The number of hydrogen-bond acceptors (Lipinski definition) is 8. The Morgan fingerprint density at radius 1 is 1.28 bits per heavy atom. The maximum Gasteiger partial charge on any atom is 0.332 e. The molecule has 0 aliphatic heterocycles. The number of hydrogen-bond donors (Lipinski definition) is 0. The zero-order chi connectivity index (χ0) is 18.1. The van der Waals surface area contributed by atoms with Gasteiger partial charge in [0.15, 0.2) is 17.2 Å². The van der Waals surface area contributed by atoms with Gasteiger partial charge in [-0.15, -0.1) is 0 Å². The summed E-state index contributed by atoms with van der Waals surface area (Å²) in [5.74, 6) is 0.104. The Labute approximate surface area is 145 Å². The minimum Gasteiger partial charge on any atom is -0.468 e. The standard InChI is InChI=1S/C15H14N4O5S/c1-18-12-10(14(21)19(2)15(18)22)13(25-7-9(20)23-3)17-11(16-12)8-5-4-6-24-8/h4-6H,7H2,1-3H3. The maximum absolute atomic E-state index is 12.6. The SMILES string of the molecule is COC(=O)CSc1nc(-c2ccco2)nc2c1c(=O)n(C)c(=O)n2C. The van der Waals surface area contributed by atoms with Crippen LogP contribution in [0.4, 0.5) is 0 Å². The molecule has 0 atom stereocenters. The Morgan fingerprint density at radius 2 is 2.04 bits per heavy atom. The normalized spacial score (nSPS) is 11.0. The van der Waals surface area contributed by atoms with E-state index in [-0.39, 0.29) is 27.6 Å². The molecule has 0 aliphatic rings. The van der Waals surface area contributed by atoms with E-state index in [4.69, 9.17) is 4.42 Å². The Kier molecular flexibility index (Phi) is 4.45. The maximum atomic E-state index is 12.6. The molecule has 9 nitrogen and oxygen atoms in total. The molecule has 0 spiro atoms. The first-order chi connectivity index (χ1) is 11.9. The third-order valence-corrected chi connectivity index (χ3v) is 4.51. The predicted molar refractivity (Wildman–Crippen MR) is 90.5 cm³/mol. The second-order valence-electron chi connectivity index (χ2n) is 5.10. The summed E-state index contributed by atoms with van der Waals surface area (Å²) in [5, 5.41) is 0.437. The molecule has 0 N–H and O–H groups in total. The van der Waals surface area contributed by atoms with Crippen LogP contribution in [0.1, 0.15) is 0 Å². The van der Waals surface area contributed by atoms with Gasteiger partial charge in [0.25, 0.3) is 5.56 Å². The van der Waals surface area contributed by atoms with Crippen molar-refractivity contribution in [2.24, 2.45) is 14.1 Å². The highest BCUT2D eigenvalue weighted by molar-refractivity contribution is 8.00. The van der Waals surface area contributed by atoms with Crippen LogP contribution in [-0.4, -0.2) is 37.9 Å². The summed E-state index contributed by atoms with van der Waals surface area (Å²) in [6, 6.07) is 3.34. The number of rotatable bonds is 4. The Balaban J connectivity index is 2.31. The molecule has 0 saturated carbocycles. The summed E-state index contributed by atoms with van der Waals surface area (Å²) in [6.07, 6.45) is 1.47. The lowest BCUT2D eigenvalue weighted by Crippen LogP contribution is -2.37. The summed E-state index contributed by atoms with van der Waals surface area (Å²) in [5.41, 5.74) is -0.871. The van der Waals surface area contributed by atoms with Crippen LogP contribution in [0.5, 0.6) is 0 Å². The molecule has 0 unspecified atom stereocenters. The lowest BCUT2D eigenvalue weighted by molar-refractivity contribution is -0.137. The fourth-order valence-corrected chi connectivity index (χ4v) is 3.08. The molecule has 0 radical (unpaired) electrons. The quantitative estimate of drug-likeness (QED) is 0.376. The van der Waals surface area contributed by atoms with Crippen LogP contribution < -0.4 is 11.2 Å². The van der Waals surface area contributed by atoms with Gasteiger partial charge in [0.05, 0.1) is 19.1 Å². The van der Waals surface area contributed by atoms with E-state index in [9.17, 15) is 14.4 Å². The molecule has 3 rings (SSSR count). The zero-order valence-electron chi connectivity index (χ0n) is 13.7. The van der Waals surface area contributed by atoms with Crippen LogP contribution >= 0.6 is 11.8 Å². The number of carbonyl (C=O) groups is 1. The van der Waals surface area contributed by atoms with E-state index in [0.717, 1.165) is 16.3 Å². The Hall–Kier alpha value is -2.88. The van der Waals surface area contributed by atoms with Crippen LogP contribution in [0.25, 0.3) is 22.6 Å². The highest BCUT2D eigenvalue weighted by Crippen LogP contribution is 2.26. The molecular weight excluding hydrogens is 348 g/mol. The van der Waals surface area contributed by atoms with Crippen LogP contribution in [0.2, 0.25) is 0 Å². The van der Waals surface area contributed by atoms with E-state index in [1.807, 2.05) is 0 Å². The first kappa shape index (κ1) is 17.0. The van der Waals surface area contributed by atoms with E-state index in [2.05, 4.69) is 14.7 Å². The lowest BCUT2D eigenvalue weighted by Gasteiger charge is -2.10. The van der Waals surface area contributed by atoms with E-state index in [1.54, 1.807) is 12.1 Å². The van der Waals surface area contributed by atoms with E-state index in [0.29, 0.717) is 5.76 Å². The molecule has 3 heterocycles. The largest absolute Gasteiger partial charge is 0.468 e. The van der Waals surface area contributed by atoms with Crippen LogP contribution in [-0.2, 0) is 23.6 Å². The molecule has 3 aromatic rings. The number of nitrogens with zero attached hydrogens (tertiary/aromatic N) is 4. The van der Waals surface area contributed by atoms with Crippen molar-refractivity contribution in [3.8, 4) is 11.6 Å². The summed E-state index contributed by atoms with van der Waals surface area (Å²) in [7, 11) is 4.16. The topological polar surface area (TPSA) is 109 Å². The molecule has 0 bridgehead atoms. The van der Waals surface area contributed by atoms with Crippen molar-refractivity contribution in [3.63, 3.8) is 0 Å². The second kappa shape index (κ2) is 6.55. The van der Waals surface area contributed by atoms with Gasteiger partial charge in [0.2, 0.25) is 0 Å². The molecule has 3 aromatic heterocycles. The molecule has 0 saturated heterocycles. The third-order valence-electron chi connectivity index (χ3n) is 3.56.